The van der Waals surface area contributed by atoms with Gasteiger partial charge in [-0.1, -0.05) is 6.08 Å². The molecule has 4 heteroatoms. The molecule has 1 N–H and O–H groups in total. The van der Waals surface area contributed by atoms with Gasteiger partial charge in [-0.3, -0.25) is 0 Å². The highest BCUT2D eigenvalue weighted by molar-refractivity contribution is 4.83. The third-order valence-electron chi connectivity index (χ3n) is 1.14. The average molecular weight is 139 g/mol. The normalized spacial score (nSPS) is 9.70. The lowest BCUT2D eigenvalue weighted by Gasteiger charge is -1.96. The van der Waals surface area contributed by atoms with Crippen molar-refractivity contribution in [3.05, 3.63) is 24.8 Å². The fourth-order valence-electron chi connectivity index (χ4n) is 0.685. The monoisotopic (exact) mass is 139 g/mol. The van der Waals surface area contributed by atoms with Crippen molar-refractivity contribution in [2.24, 2.45) is 0 Å². The van der Waals surface area contributed by atoms with Crippen molar-refractivity contribution in [2.75, 3.05) is 0 Å². The van der Waals surface area contributed by atoms with Crippen molar-refractivity contribution >= 4 is 0 Å². The van der Waals surface area contributed by atoms with E-state index >= 15 is 0 Å². The summed E-state index contributed by atoms with van der Waals surface area (Å²) in [6.45, 7) is 4.06. The molecule has 1 aromatic rings. The zero-order valence-electron chi connectivity index (χ0n) is 5.56. The van der Waals surface area contributed by atoms with E-state index in [4.69, 9.17) is 5.11 Å². The Bertz CT molecular complexity index is 219. The van der Waals surface area contributed by atoms with Gasteiger partial charge in [0.05, 0.1) is 6.54 Å². The molecule has 0 aliphatic rings. The van der Waals surface area contributed by atoms with Gasteiger partial charge < -0.3 is 5.11 Å². The quantitative estimate of drug-likeness (QED) is 0.597. The number of hydrogen-bond acceptors (Lipinski definition) is 3. The number of nitrogens with zero attached hydrogens (tertiary/aromatic N) is 3. The summed E-state index contributed by atoms with van der Waals surface area (Å²) >= 11 is 0. The summed E-state index contributed by atoms with van der Waals surface area (Å²) in [6.07, 6.45) is 3.11. The van der Waals surface area contributed by atoms with E-state index in [1.54, 1.807) is 10.8 Å². The molecule has 4 nitrogen and oxygen atoms in total. The summed E-state index contributed by atoms with van der Waals surface area (Å²) in [4.78, 5) is 3.81. The van der Waals surface area contributed by atoms with E-state index < -0.39 is 0 Å². The molecule has 0 bridgehead atoms. The Morgan fingerprint density at radius 3 is 3.20 bits per heavy atom. The number of hydrogen-bond donors (Lipinski definition) is 1. The highest BCUT2D eigenvalue weighted by Gasteiger charge is 1.97. The summed E-state index contributed by atoms with van der Waals surface area (Å²) in [5, 5.41) is 12.5. The zero-order valence-corrected chi connectivity index (χ0v) is 5.56. The first-order valence-corrected chi connectivity index (χ1v) is 2.97. The van der Waals surface area contributed by atoms with E-state index in [-0.39, 0.29) is 6.61 Å². The minimum atomic E-state index is -0.0756. The van der Waals surface area contributed by atoms with Gasteiger partial charge in [-0.2, -0.15) is 5.10 Å². The van der Waals surface area contributed by atoms with Crippen LogP contribution in [-0.2, 0) is 13.2 Å². The molecule has 10 heavy (non-hydrogen) atoms. The van der Waals surface area contributed by atoms with E-state index in [0.29, 0.717) is 12.4 Å². The van der Waals surface area contributed by atoms with Crippen LogP contribution >= 0.6 is 0 Å². The second kappa shape index (κ2) is 3.12. The number of aliphatic hydroxyl groups is 1. The van der Waals surface area contributed by atoms with Gasteiger partial charge in [0.25, 0.3) is 0 Å². The summed E-state index contributed by atoms with van der Waals surface area (Å²) in [7, 11) is 0. The topological polar surface area (TPSA) is 50.9 Å². The minimum absolute atomic E-state index is 0.0756. The number of rotatable bonds is 3. The molecule has 54 valence electrons. The van der Waals surface area contributed by atoms with Gasteiger partial charge in [0.2, 0.25) is 0 Å². The van der Waals surface area contributed by atoms with Crippen LogP contribution in [0.2, 0.25) is 0 Å². The molecule has 0 spiro atoms. The smallest absolute Gasteiger partial charge is 0.152 e. The second-order valence-electron chi connectivity index (χ2n) is 1.81. The maximum atomic E-state index is 8.68. The molecule has 0 amide bonds. The van der Waals surface area contributed by atoms with Gasteiger partial charge in [0, 0.05) is 0 Å². The molecule has 0 radical (unpaired) electrons. The van der Waals surface area contributed by atoms with E-state index in [2.05, 4.69) is 16.7 Å². The average Bonchev–Trinajstić information content (AvgIpc) is 2.36. The van der Waals surface area contributed by atoms with Crippen LogP contribution in [0.1, 0.15) is 5.82 Å². The van der Waals surface area contributed by atoms with Crippen LogP contribution in [-0.4, -0.2) is 19.9 Å². The minimum Gasteiger partial charge on any atom is -0.388 e. The first-order chi connectivity index (χ1) is 4.88. The predicted octanol–water partition coefficient (Wildman–Crippen LogP) is -0.0436. The Kier molecular flexibility index (Phi) is 2.17. The van der Waals surface area contributed by atoms with Crippen molar-refractivity contribution in [2.45, 2.75) is 13.2 Å². The van der Waals surface area contributed by atoms with Crippen LogP contribution in [0.25, 0.3) is 0 Å². The van der Waals surface area contributed by atoms with Crippen LogP contribution in [0.4, 0.5) is 0 Å². The van der Waals surface area contributed by atoms with Gasteiger partial charge in [0.1, 0.15) is 12.9 Å². The maximum absolute atomic E-state index is 8.68. The van der Waals surface area contributed by atoms with Gasteiger partial charge in [0.15, 0.2) is 5.82 Å². The maximum Gasteiger partial charge on any atom is 0.152 e. The Morgan fingerprint density at radius 1 is 1.80 bits per heavy atom. The number of aromatic nitrogens is 3. The van der Waals surface area contributed by atoms with Gasteiger partial charge >= 0.3 is 0 Å². The van der Waals surface area contributed by atoms with E-state index in [1.807, 2.05) is 0 Å². The molecular formula is C6H9N3O. The highest BCUT2D eigenvalue weighted by atomic mass is 16.3. The van der Waals surface area contributed by atoms with Crippen LogP contribution in [0.15, 0.2) is 19.0 Å². The first kappa shape index (κ1) is 6.95. The van der Waals surface area contributed by atoms with Crippen molar-refractivity contribution < 1.29 is 5.11 Å². The summed E-state index contributed by atoms with van der Waals surface area (Å²) in [5.74, 6) is 0.569. The molecule has 0 saturated heterocycles. The van der Waals surface area contributed by atoms with E-state index in [9.17, 15) is 0 Å². The van der Waals surface area contributed by atoms with Crippen molar-refractivity contribution in [3.8, 4) is 0 Å². The molecular weight excluding hydrogens is 130 g/mol. The van der Waals surface area contributed by atoms with Crippen LogP contribution in [0.5, 0.6) is 0 Å². The predicted molar refractivity (Wildman–Crippen MR) is 36.1 cm³/mol. The zero-order chi connectivity index (χ0) is 7.40. The SMILES string of the molecule is C=CCn1ncnc1CO. The van der Waals surface area contributed by atoms with Gasteiger partial charge in [-0.05, 0) is 0 Å². The van der Waals surface area contributed by atoms with Gasteiger partial charge in [-0.15, -0.1) is 6.58 Å². The molecule has 0 unspecified atom stereocenters. The number of allylic oxidation sites excluding steroid dienone is 1. The van der Waals surface area contributed by atoms with Gasteiger partial charge in [-0.25, -0.2) is 9.67 Å². The Hall–Kier alpha value is -1.16. The Balaban J connectivity index is 2.79. The lowest BCUT2D eigenvalue weighted by molar-refractivity contribution is 0.264. The van der Waals surface area contributed by atoms with Crippen molar-refractivity contribution in [1.29, 1.82) is 0 Å². The molecule has 1 aromatic heterocycles. The standard InChI is InChI=1S/C6H9N3O/c1-2-3-9-6(4-10)7-5-8-9/h2,5,10H,1,3-4H2. The molecule has 0 aromatic carbocycles. The Labute approximate surface area is 58.8 Å². The van der Waals surface area contributed by atoms with Crippen LogP contribution in [0.3, 0.4) is 0 Å². The van der Waals surface area contributed by atoms with E-state index in [0.717, 1.165) is 0 Å². The molecule has 0 saturated carbocycles. The number of aliphatic hydroxyl groups excluding tert-OH is 1. The highest BCUT2D eigenvalue weighted by Crippen LogP contribution is 1.92. The fraction of sp³-hybridized carbons (Fsp3) is 0.333. The largest absolute Gasteiger partial charge is 0.388 e. The van der Waals surface area contributed by atoms with Crippen LogP contribution < -0.4 is 0 Å². The summed E-state index contributed by atoms with van der Waals surface area (Å²) < 4.78 is 1.59. The molecule has 0 fully saturated rings. The molecule has 1 heterocycles. The molecule has 0 atom stereocenters. The van der Waals surface area contributed by atoms with Crippen molar-refractivity contribution in [3.63, 3.8) is 0 Å². The Morgan fingerprint density at radius 2 is 2.60 bits per heavy atom. The third kappa shape index (κ3) is 1.22. The molecule has 0 aliphatic heterocycles. The van der Waals surface area contributed by atoms with Crippen LogP contribution in [0, 0.1) is 0 Å². The molecule has 1 rings (SSSR count). The van der Waals surface area contributed by atoms with E-state index in [1.165, 1.54) is 6.33 Å². The lowest BCUT2D eigenvalue weighted by Crippen LogP contribution is -2.03. The summed E-state index contributed by atoms with van der Waals surface area (Å²) in [5.41, 5.74) is 0. The van der Waals surface area contributed by atoms with Crippen molar-refractivity contribution in [1.82, 2.24) is 14.8 Å². The fourth-order valence-corrected chi connectivity index (χ4v) is 0.685. The molecule has 0 aliphatic carbocycles. The first-order valence-electron chi connectivity index (χ1n) is 2.97. The second-order valence-corrected chi connectivity index (χ2v) is 1.81. The third-order valence-corrected chi connectivity index (χ3v) is 1.14. The lowest BCUT2D eigenvalue weighted by atomic mass is 10.6. The summed E-state index contributed by atoms with van der Waals surface area (Å²) in [6, 6.07) is 0.